The summed E-state index contributed by atoms with van der Waals surface area (Å²) < 4.78 is 0. The summed E-state index contributed by atoms with van der Waals surface area (Å²) in [6.45, 7) is 0. The minimum atomic E-state index is 1.21. The van der Waals surface area contributed by atoms with Crippen molar-refractivity contribution in [1.82, 2.24) is 0 Å². The van der Waals surface area contributed by atoms with Crippen LogP contribution >= 0.6 is 0 Å². The van der Waals surface area contributed by atoms with E-state index in [1.807, 2.05) is 0 Å². The summed E-state index contributed by atoms with van der Waals surface area (Å²) in [6, 6.07) is 8.64. The monoisotopic (exact) mass is 146 g/mol. The van der Waals surface area contributed by atoms with Gasteiger partial charge in [0.1, 0.15) is 0 Å². The molecule has 1 aromatic rings. The zero-order chi connectivity index (χ0) is 6.97. The van der Waals surface area contributed by atoms with Crippen LogP contribution in [0.3, 0.4) is 0 Å². The van der Waals surface area contributed by atoms with Gasteiger partial charge in [-0.1, -0.05) is 35.5 Å². The highest BCUT2D eigenvalue weighted by Crippen LogP contribution is 2.21. The maximum Gasteiger partial charge on any atom is 0.0337 e. The topological polar surface area (TPSA) is 0 Å². The lowest BCUT2D eigenvalue weighted by atomic mass is 10.1. The van der Waals surface area contributed by atoms with E-state index in [1.165, 1.54) is 27.8 Å². The van der Waals surface area contributed by atoms with Crippen LogP contribution in [0.15, 0.2) is 29.5 Å². The Bertz CT molecular complexity index is 287. The minimum Gasteiger partial charge on any atom is -0.0869 e. The Morgan fingerprint density at radius 2 is 2.00 bits per heavy atom. The van der Waals surface area contributed by atoms with Gasteiger partial charge in [0.2, 0.25) is 0 Å². The molecule has 0 N–H and O–H groups in total. The standard InChI is InChI=1S/C9H10Si/c10-9-5-7-3-1-2-4-8(7)6-9/h1-5H,6H2,10H3. The molecule has 1 heteroatoms. The average Bonchev–Trinajstić information content (AvgIpc) is 2.27. The van der Waals surface area contributed by atoms with Crippen molar-refractivity contribution in [2.75, 3.05) is 0 Å². The van der Waals surface area contributed by atoms with Crippen LogP contribution in [0.1, 0.15) is 11.1 Å². The third kappa shape index (κ3) is 0.829. The molecule has 2 rings (SSSR count). The van der Waals surface area contributed by atoms with Crippen molar-refractivity contribution in [3.63, 3.8) is 0 Å². The van der Waals surface area contributed by atoms with Gasteiger partial charge in [-0.3, -0.25) is 0 Å². The molecule has 0 amide bonds. The van der Waals surface area contributed by atoms with Gasteiger partial charge in [-0.25, -0.2) is 0 Å². The van der Waals surface area contributed by atoms with Crippen molar-refractivity contribution in [2.45, 2.75) is 6.42 Å². The van der Waals surface area contributed by atoms with Crippen LogP contribution in [0.4, 0.5) is 0 Å². The number of hydrogen-bond donors (Lipinski definition) is 0. The molecule has 0 saturated heterocycles. The van der Waals surface area contributed by atoms with E-state index in [4.69, 9.17) is 0 Å². The molecule has 0 heterocycles. The summed E-state index contributed by atoms with van der Waals surface area (Å²) in [6.07, 6.45) is 3.53. The minimum absolute atomic E-state index is 1.21. The SMILES string of the molecule is [SiH3]C1=Cc2ccccc2C1. The van der Waals surface area contributed by atoms with Gasteiger partial charge in [-0.2, -0.15) is 0 Å². The van der Waals surface area contributed by atoms with Crippen LogP contribution < -0.4 is 0 Å². The second-order valence-corrected chi connectivity index (χ2v) is 4.15. The Kier molecular flexibility index (Phi) is 1.24. The maximum absolute atomic E-state index is 2.32. The highest BCUT2D eigenvalue weighted by Gasteiger charge is 2.06. The molecule has 1 aliphatic carbocycles. The molecule has 1 aliphatic rings. The second-order valence-electron chi connectivity index (χ2n) is 2.87. The van der Waals surface area contributed by atoms with Crippen LogP contribution in [0.25, 0.3) is 6.08 Å². The molecule has 0 spiro atoms. The van der Waals surface area contributed by atoms with E-state index in [1.54, 1.807) is 5.20 Å². The van der Waals surface area contributed by atoms with E-state index in [-0.39, 0.29) is 0 Å². The Balaban J connectivity index is 2.54. The molecular formula is C9H10Si. The molecule has 0 radical (unpaired) electrons. The maximum atomic E-state index is 2.32. The van der Waals surface area contributed by atoms with E-state index >= 15 is 0 Å². The first-order chi connectivity index (χ1) is 4.86. The Morgan fingerprint density at radius 3 is 2.80 bits per heavy atom. The normalized spacial score (nSPS) is 15.0. The Hall–Kier alpha value is -0.823. The molecule has 1 aromatic carbocycles. The first kappa shape index (κ1) is 5.92. The fraction of sp³-hybridized carbons (Fsp3) is 0.111. The third-order valence-corrected chi connectivity index (χ3v) is 2.57. The molecule has 0 unspecified atom stereocenters. The predicted molar refractivity (Wildman–Crippen MR) is 48.1 cm³/mol. The van der Waals surface area contributed by atoms with E-state index in [0.29, 0.717) is 0 Å². The van der Waals surface area contributed by atoms with Crippen LogP contribution in [0.2, 0.25) is 0 Å². The van der Waals surface area contributed by atoms with Crippen molar-refractivity contribution < 1.29 is 0 Å². The van der Waals surface area contributed by atoms with Gasteiger partial charge in [-0.15, -0.1) is 0 Å². The summed E-state index contributed by atoms with van der Waals surface area (Å²) in [7, 11) is 1.22. The van der Waals surface area contributed by atoms with Gasteiger partial charge in [0.15, 0.2) is 0 Å². The molecule has 0 nitrogen and oxygen atoms in total. The first-order valence-corrected chi connectivity index (χ1v) is 4.61. The summed E-state index contributed by atoms with van der Waals surface area (Å²) in [5.41, 5.74) is 2.94. The molecule has 0 aliphatic heterocycles. The van der Waals surface area contributed by atoms with E-state index in [0.717, 1.165) is 0 Å². The summed E-state index contributed by atoms with van der Waals surface area (Å²) in [5.74, 6) is 0. The van der Waals surface area contributed by atoms with Crippen LogP contribution in [0.5, 0.6) is 0 Å². The fourth-order valence-electron chi connectivity index (χ4n) is 1.45. The lowest BCUT2D eigenvalue weighted by molar-refractivity contribution is 1.29. The van der Waals surface area contributed by atoms with Gasteiger partial charge in [0, 0.05) is 10.2 Å². The second kappa shape index (κ2) is 2.10. The summed E-state index contributed by atoms with van der Waals surface area (Å²) >= 11 is 0. The number of rotatable bonds is 0. The van der Waals surface area contributed by atoms with Crippen molar-refractivity contribution in [3.8, 4) is 0 Å². The molecule has 50 valence electrons. The van der Waals surface area contributed by atoms with E-state index in [9.17, 15) is 0 Å². The molecule has 0 bridgehead atoms. The highest BCUT2D eigenvalue weighted by atomic mass is 28.1. The van der Waals surface area contributed by atoms with Gasteiger partial charge >= 0.3 is 0 Å². The summed E-state index contributed by atoms with van der Waals surface area (Å²) in [5, 5.41) is 1.61. The zero-order valence-corrected chi connectivity index (χ0v) is 8.09. The quantitative estimate of drug-likeness (QED) is 0.478. The van der Waals surface area contributed by atoms with Crippen LogP contribution in [-0.4, -0.2) is 10.2 Å². The molecule has 0 atom stereocenters. The third-order valence-electron chi connectivity index (χ3n) is 1.93. The van der Waals surface area contributed by atoms with Gasteiger partial charge in [-0.05, 0) is 17.5 Å². The molecule has 0 saturated carbocycles. The number of fused-ring (bicyclic) bond motifs is 1. The largest absolute Gasteiger partial charge is 0.0869 e. The smallest absolute Gasteiger partial charge is 0.0337 e. The summed E-state index contributed by atoms with van der Waals surface area (Å²) in [4.78, 5) is 0. The number of hydrogen-bond acceptors (Lipinski definition) is 0. The van der Waals surface area contributed by atoms with Gasteiger partial charge < -0.3 is 0 Å². The zero-order valence-electron chi connectivity index (χ0n) is 6.09. The Labute approximate surface area is 64.0 Å². The van der Waals surface area contributed by atoms with Crippen molar-refractivity contribution >= 4 is 16.3 Å². The van der Waals surface area contributed by atoms with Crippen LogP contribution in [-0.2, 0) is 6.42 Å². The number of benzene rings is 1. The first-order valence-electron chi connectivity index (χ1n) is 3.61. The average molecular weight is 146 g/mol. The molecular weight excluding hydrogens is 136 g/mol. The Morgan fingerprint density at radius 1 is 1.20 bits per heavy atom. The van der Waals surface area contributed by atoms with Crippen molar-refractivity contribution in [1.29, 1.82) is 0 Å². The molecule has 0 fully saturated rings. The van der Waals surface area contributed by atoms with Crippen molar-refractivity contribution in [2.24, 2.45) is 0 Å². The number of allylic oxidation sites excluding steroid dienone is 1. The van der Waals surface area contributed by atoms with Crippen molar-refractivity contribution in [3.05, 3.63) is 40.6 Å². The fourth-order valence-corrected chi connectivity index (χ4v) is 2.14. The van der Waals surface area contributed by atoms with Crippen LogP contribution in [0, 0.1) is 0 Å². The molecule has 0 aromatic heterocycles. The lowest BCUT2D eigenvalue weighted by Crippen LogP contribution is -1.81. The van der Waals surface area contributed by atoms with E-state index < -0.39 is 0 Å². The van der Waals surface area contributed by atoms with E-state index in [2.05, 4.69) is 30.3 Å². The predicted octanol–water partition coefficient (Wildman–Crippen LogP) is 0.949. The van der Waals surface area contributed by atoms with Gasteiger partial charge in [0.25, 0.3) is 0 Å². The van der Waals surface area contributed by atoms with Gasteiger partial charge in [0.05, 0.1) is 0 Å². The molecule has 10 heavy (non-hydrogen) atoms. The highest BCUT2D eigenvalue weighted by molar-refractivity contribution is 6.24. The lowest BCUT2D eigenvalue weighted by Gasteiger charge is -1.94.